The van der Waals surface area contributed by atoms with E-state index in [2.05, 4.69) is 26.0 Å². The number of hydrogen-bond acceptors (Lipinski definition) is 8. The molecule has 0 aromatic carbocycles. The van der Waals surface area contributed by atoms with E-state index in [1.165, 1.54) is 89.9 Å². The molecule has 0 heterocycles. The number of unbranched alkanes of at least 4 members (excludes halogenated alkanes) is 18. The Bertz CT molecular complexity index is 704. The van der Waals surface area contributed by atoms with Crippen molar-refractivity contribution in [2.45, 2.75) is 167 Å². The minimum atomic E-state index is -4.50. The monoisotopic (exact) mass is 650 g/mol. The Hall–Kier alpha value is -0.800. The van der Waals surface area contributed by atoms with Crippen LogP contribution in [0.15, 0.2) is 12.2 Å². The summed E-state index contributed by atoms with van der Waals surface area (Å²) in [5, 5.41) is 18.2. The normalized spacial score (nSPS) is 14.6. The molecule has 3 unspecified atom stereocenters. The summed E-state index contributed by atoms with van der Waals surface area (Å²) in [6, 6.07) is 0. The SMILES string of the molecule is CCCCCCCC/C=C\CCCCCCCCOCC(COP(=O)(O)OCC(O)CO)OC(=O)CCCCCCCCC. The first-order valence-electron chi connectivity index (χ1n) is 17.7. The van der Waals surface area contributed by atoms with Gasteiger partial charge in [0.15, 0.2) is 0 Å². The van der Waals surface area contributed by atoms with Crippen LogP contribution in [0.5, 0.6) is 0 Å². The predicted octanol–water partition coefficient (Wildman–Crippen LogP) is 8.58. The molecule has 0 rings (SSSR count). The van der Waals surface area contributed by atoms with Crippen LogP contribution in [-0.2, 0) is 27.9 Å². The van der Waals surface area contributed by atoms with Gasteiger partial charge in [-0.25, -0.2) is 4.57 Å². The van der Waals surface area contributed by atoms with Gasteiger partial charge in [0, 0.05) is 13.0 Å². The lowest BCUT2D eigenvalue weighted by Gasteiger charge is -2.20. The van der Waals surface area contributed by atoms with E-state index in [1.807, 2.05) is 0 Å². The molecule has 44 heavy (non-hydrogen) atoms. The highest BCUT2D eigenvalue weighted by Gasteiger charge is 2.26. The Kier molecular flexibility index (Phi) is 31.6. The molecule has 0 aliphatic heterocycles. The van der Waals surface area contributed by atoms with Crippen molar-refractivity contribution >= 4 is 13.8 Å². The summed E-state index contributed by atoms with van der Waals surface area (Å²) in [4.78, 5) is 22.3. The van der Waals surface area contributed by atoms with Gasteiger partial charge >= 0.3 is 13.8 Å². The van der Waals surface area contributed by atoms with E-state index in [0.29, 0.717) is 6.61 Å². The van der Waals surface area contributed by atoms with E-state index in [4.69, 9.17) is 23.6 Å². The molecule has 3 N–H and O–H groups in total. The summed E-state index contributed by atoms with van der Waals surface area (Å²) >= 11 is 0. The fourth-order valence-electron chi connectivity index (χ4n) is 4.70. The first-order chi connectivity index (χ1) is 21.3. The number of phosphoric ester groups is 1. The summed E-state index contributed by atoms with van der Waals surface area (Å²) in [5.74, 6) is -0.391. The summed E-state index contributed by atoms with van der Waals surface area (Å²) in [6.07, 6.45) is 27.6. The second kappa shape index (κ2) is 32.2. The lowest BCUT2D eigenvalue weighted by Crippen LogP contribution is -2.29. The summed E-state index contributed by atoms with van der Waals surface area (Å²) in [6.45, 7) is 3.44. The van der Waals surface area contributed by atoms with Crippen molar-refractivity contribution in [1.29, 1.82) is 0 Å². The number of esters is 1. The van der Waals surface area contributed by atoms with Crippen molar-refractivity contribution in [3.05, 3.63) is 12.2 Å². The Morgan fingerprint density at radius 1 is 0.682 bits per heavy atom. The number of hydrogen-bond donors (Lipinski definition) is 3. The van der Waals surface area contributed by atoms with E-state index in [0.717, 1.165) is 44.9 Å². The first-order valence-corrected chi connectivity index (χ1v) is 19.2. The number of aliphatic hydroxyl groups excluding tert-OH is 2. The molecule has 0 spiro atoms. The molecule has 0 amide bonds. The zero-order chi connectivity index (χ0) is 32.6. The van der Waals surface area contributed by atoms with Crippen LogP contribution in [0.1, 0.15) is 155 Å². The minimum Gasteiger partial charge on any atom is -0.457 e. The zero-order valence-electron chi connectivity index (χ0n) is 28.1. The molecule has 0 aromatic rings. The maximum Gasteiger partial charge on any atom is 0.472 e. The molecule has 0 radical (unpaired) electrons. The van der Waals surface area contributed by atoms with Gasteiger partial charge < -0.3 is 24.6 Å². The third-order valence-corrected chi connectivity index (χ3v) is 8.40. The molecule has 0 bridgehead atoms. The third kappa shape index (κ3) is 31.2. The molecule has 0 fully saturated rings. The van der Waals surface area contributed by atoms with Crippen LogP contribution in [0.4, 0.5) is 0 Å². The van der Waals surface area contributed by atoms with E-state index in [9.17, 15) is 19.4 Å². The molecule has 10 heteroatoms. The van der Waals surface area contributed by atoms with Crippen molar-refractivity contribution in [2.24, 2.45) is 0 Å². The molecule has 0 saturated carbocycles. The van der Waals surface area contributed by atoms with Crippen LogP contribution in [0.2, 0.25) is 0 Å². The number of ether oxygens (including phenoxy) is 2. The lowest BCUT2D eigenvalue weighted by molar-refractivity contribution is -0.154. The Balaban J connectivity index is 4.16. The average Bonchev–Trinajstić information content (AvgIpc) is 3.01. The van der Waals surface area contributed by atoms with E-state index in [1.54, 1.807) is 0 Å². The largest absolute Gasteiger partial charge is 0.472 e. The second-order valence-corrected chi connectivity index (χ2v) is 13.3. The topological polar surface area (TPSA) is 132 Å². The number of allylic oxidation sites excluding steroid dienone is 2. The van der Waals surface area contributed by atoms with Crippen LogP contribution in [0.3, 0.4) is 0 Å². The fraction of sp³-hybridized carbons (Fsp3) is 0.912. The maximum atomic E-state index is 12.4. The second-order valence-electron chi connectivity index (χ2n) is 11.9. The maximum absolute atomic E-state index is 12.4. The van der Waals surface area contributed by atoms with Crippen molar-refractivity contribution in [3.63, 3.8) is 0 Å². The number of carbonyl (C=O) groups is 1. The van der Waals surface area contributed by atoms with Gasteiger partial charge in [0.2, 0.25) is 0 Å². The van der Waals surface area contributed by atoms with Crippen LogP contribution >= 0.6 is 7.82 Å². The average molecular weight is 651 g/mol. The highest BCUT2D eigenvalue weighted by molar-refractivity contribution is 7.47. The molecular weight excluding hydrogens is 583 g/mol. The third-order valence-electron chi connectivity index (χ3n) is 7.45. The van der Waals surface area contributed by atoms with Crippen LogP contribution in [0.25, 0.3) is 0 Å². The van der Waals surface area contributed by atoms with Gasteiger partial charge in [-0.15, -0.1) is 0 Å². The number of rotatable bonds is 34. The Morgan fingerprint density at radius 2 is 1.16 bits per heavy atom. The number of carbonyl (C=O) groups excluding carboxylic acids is 1. The molecule has 0 aliphatic rings. The highest BCUT2D eigenvalue weighted by Crippen LogP contribution is 2.43. The molecule has 0 aliphatic carbocycles. The van der Waals surface area contributed by atoms with E-state index < -0.39 is 39.2 Å². The van der Waals surface area contributed by atoms with Crippen LogP contribution < -0.4 is 0 Å². The van der Waals surface area contributed by atoms with Crippen molar-refractivity contribution in [2.75, 3.05) is 33.0 Å². The quantitative estimate of drug-likeness (QED) is 0.0271. The van der Waals surface area contributed by atoms with Crippen LogP contribution in [-0.4, -0.2) is 66.3 Å². The van der Waals surface area contributed by atoms with Gasteiger partial charge in [-0.1, -0.05) is 122 Å². The summed E-state index contributed by atoms with van der Waals surface area (Å²) < 4.78 is 33.0. The van der Waals surface area contributed by atoms with Gasteiger partial charge in [0.25, 0.3) is 0 Å². The Labute approximate surface area is 269 Å². The van der Waals surface area contributed by atoms with Crippen LogP contribution in [0, 0.1) is 0 Å². The van der Waals surface area contributed by atoms with Gasteiger partial charge in [0.05, 0.1) is 26.4 Å². The number of phosphoric acid groups is 1. The van der Waals surface area contributed by atoms with Crippen molar-refractivity contribution in [3.8, 4) is 0 Å². The first kappa shape index (κ1) is 43.2. The molecule has 0 aromatic heterocycles. The van der Waals surface area contributed by atoms with E-state index >= 15 is 0 Å². The number of aliphatic hydroxyl groups is 2. The lowest BCUT2D eigenvalue weighted by atomic mass is 10.1. The van der Waals surface area contributed by atoms with Gasteiger partial charge in [-0.05, 0) is 38.5 Å². The van der Waals surface area contributed by atoms with Gasteiger partial charge in [-0.3, -0.25) is 13.8 Å². The molecular formula is C34H67O9P. The Morgan fingerprint density at radius 3 is 1.70 bits per heavy atom. The summed E-state index contributed by atoms with van der Waals surface area (Å²) in [7, 11) is -4.50. The van der Waals surface area contributed by atoms with Gasteiger partial charge in [0.1, 0.15) is 12.2 Å². The molecule has 262 valence electrons. The molecule has 9 nitrogen and oxygen atoms in total. The summed E-state index contributed by atoms with van der Waals surface area (Å²) in [5.41, 5.74) is 0. The van der Waals surface area contributed by atoms with Crippen molar-refractivity contribution < 1.29 is 43.0 Å². The fourth-order valence-corrected chi connectivity index (χ4v) is 5.49. The molecule has 0 saturated heterocycles. The predicted molar refractivity (Wildman–Crippen MR) is 178 cm³/mol. The molecule has 3 atom stereocenters. The smallest absolute Gasteiger partial charge is 0.457 e. The van der Waals surface area contributed by atoms with E-state index in [-0.39, 0.29) is 19.6 Å². The standard InChI is InChI=1S/C34H67O9P/c1-3-5-7-9-11-12-13-14-15-16-17-18-19-21-23-25-27-40-30-33(31-42-44(38,39)41-29-32(36)28-35)43-34(37)26-24-22-20-10-8-6-4-2/h14-15,32-33,35-36H,3-13,16-31H2,1-2H3,(H,38,39)/b15-14-. The minimum absolute atomic E-state index is 0.0487. The highest BCUT2D eigenvalue weighted by atomic mass is 31.2. The zero-order valence-corrected chi connectivity index (χ0v) is 29.0. The van der Waals surface area contributed by atoms with Crippen molar-refractivity contribution in [1.82, 2.24) is 0 Å². The van der Waals surface area contributed by atoms with Gasteiger partial charge in [-0.2, -0.15) is 0 Å².